The van der Waals surface area contributed by atoms with Crippen LogP contribution in [-0.4, -0.2) is 9.85 Å². The lowest BCUT2D eigenvalue weighted by Gasteiger charge is -1.96. The van der Waals surface area contributed by atoms with Crippen molar-refractivity contribution in [3.63, 3.8) is 0 Å². The van der Waals surface area contributed by atoms with Gasteiger partial charge in [-0.15, -0.1) is 15.1 Å². The van der Waals surface area contributed by atoms with Crippen molar-refractivity contribution in [3.05, 3.63) is 93.0 Å². The molecule has 0 amide bonds. The minimum absolute atomic E-state index is 0.0389. The molecule has 3 rings (SSSR count). The average molecular weight is 569 g/mol. The van der Waals surface area contributed by atoms with E-state index in [1.54, 1.807) is 24.3 Å². The van der Waals surface area contributed by atoms with Crippen LogP contribution in [0.3, 0.4) is 0 Å². The summed E-state index contributed by atoms with van der Waals surface area (Å²) < 4.78 is 16.8. The summed E-state index contributed by atoms with van der Waals surface area (Å²) >= 11 is 7.00. The second-order valence-electron chi connectivity index (χ2n) is 5.80. The number of rotatable bonds is 10. The van der Waals surface area contributed by atoms with E-state index in [0.29, 0.717) is 0 Å². The molecule has 0 aromatic heterocycles. The number of hydrogen-bond donors (Lipinski definition) is 0. The normalized spacial score (nSPS) is 10.1. The van der Waals surface area contributed by atoms with Crippen LogP contribution >= 0.6 is 47.8 Å². The molecule has 16 heteroatoms. The summed E-state index contributed by atoms with van der Waals surface area (Å²) in [6.45, 7) is 0. The predicted molar refractivity (Wildman–Crippen MR) is 141 cm³/mol. The van der Waals surface area contributed by atoms with Gasteiger partial charge in [0.1, 0.15) is 0 Å². The van der Waals surface area contributed by atoms with Crippen LogP contribution in [0.2, 0.25) is 0 Å². The van der Waals surface area contributed by atoms with Crippen molar-refractivity contribution in [2.45, 2.75) is 19.6 Å². The molecule has 174 valence electrons. The first-order chi connectivity index (χ1) is 16.5. The van der Waals surface area contributed by atoms with E-state index in [1.807, 2.05) is 24.3 Å². The van der Waals surface area contributed by atoms with Crippen LogP contribution in [0.25, 0.3) is 0 Å². The molecule has 0 atom stereocenters. The quantitative estimate of drug-likeness (QED) is 0.137. The molecule has 0 N–H and O–H groups in total. The molecule has 0 heterocycles. The molecule has 3 aromatic rings. The Bertz CT molecular complexity index is 1200. The number of nitro benzene ring substituents is 2. The van der Waals surface area contributed by atoms with Gasteiger partial charge in [-0.25, -0.2) is 0 Å². The topological polar surface area (TPSA) is 136 Å². The number of hydrogen-bond acceptors (Lipinski definition) is 12. The molecule has 3 aromatic carbocycles. The van der Waals surface area contributed by atoms with Crippen molar-refractivity contribution in [2.24, 2.45) is 15.1 Å². The predicted octanol–water partition coefficient (Wildman–Crippen LogP) is 7.83. The Balaban J connectivity index is 1.47. The first kappa shape index (κ1) is 26.1. The van der Waals surface area contributed by atoms with Gasteiger partial charge in [-0.1, -0.05) is 6.07 Å². The van der Waals surface area contributed by atoms with Crippen LogP contribution in [0.15, 0.2) is 107 Å². The SMILES string of the molecule is O=[N+]([O-])c1ccc(SN=S=NSc2cccc(SN=S=NSc3ccc([N+](=O)[O-])cc3)c2)cc1. The van der Waals surface area contributed by atoms with E-state index in [9.17, 15) is 20.2 Å². The van der Waals surface area contributed by atoms with E-state index in [1.165, 1.54) is 72.1 Å². The number of nitrogens with zero attached hydrogens (tertiary/aromatic N) is 6. The summed E-state index contributed by atoms with van der Waals surface area (Å²) in [6, 6.07) is 20.0. The maximum Gasteiger partial charge on any atom is 0.269 e. The van der Waals surface area contributed by atoms with E-state index >= 15 is 0 Å². The lowest BCUT2D eigenvalue weighted by molar-refractivity contribution is -0.385. The lowest BCUT2D eigenvalue weighted by Crippen LogP contribution is -1.85. The Hall–Kier alpha value is -2.50. The first-order valence-corrected chi connectivity index (χ1v) is 13.5. The molecular weight excluding hydrogens is 557 g/mol. The maximum absolute atomic E-state index is 10.7. The Morgan fingerprint density at radius 1 is 0.529 bits per heavy atom. The lowest BCUT2D eigenvalue weighted by atomic mass is 10.3. The zero-order valence-corrected chi connectivity index (χ0v) is 21.6. The maximum atomic E-state index is 10.7. The van der Waals surface area contributed by atoms with Gasteiger partial charge in [0.15, 0.2) is 0 Å². The molecule has 0 spiro atoms. The number of nitro groups is 2. The molecule has 0 unspecified atom stereocenters. The third kappa shape index (κ3) is 9.03. The van der Waals surface area contributed by atoms with E-state index in [2.05, 4.69) is 15.1 Å². The van der Waals surface area contributed by atoms with Gasteiger partial charge in [0, 0.05) is 91.6 Å². The molecule has 0 aliphatic heterocycles. The van der Waals surface area contributed by atoms with E-state index < -0.39 is 9.85 Å². The Morgan fingerprint density at radius 2 is 0.882 bits per heavy atom. The van der Waals surface area contributed by atoms with Crippen molar-refractivity contribution in [1.29, 1.82) is 0 Å². The van der Waals surface area contributed by atoms with Crippen LogP contribution < -0.4 is 0 Å². The molecule has 0 aliphatic carbocycles. The molecule has 10 nitrogen and oxygen atoms in total. The molecule has 0 aliphatic rings. The van der Waals surface area contributed by atoms with Crippen LogP contribution in [0, 0.1) is 20.2 Å². The molecule has 0 saturated carbocycles. The van der Waals surface area contributed by atoms with Crippen molar-refractivity contribution >= 4 is 81.9 Å². The van der Waals surface area contributed by atoms with Crippen LogP contribution in [0.1, 0.15) is 0 Å². The Labute approximate surface area is 218 Å². The fourth-order valence-corrected chi connectivity index (χ4v) is 5.96. The Morgan fingerprint density at radius 3 is 1.24 bits per heavy atom. The van der Waals surface area contributed by atoms with Gasteiger partial charge in [-0.2, -0.15) is 0 Å². The summed E-state index contributed by atoms with van der Waals surface area (Å²) in [6.07, 6.45) is 0. The van der Waals surface area contributed by atoms with E-state index in [-0.39, 0.29) is 11.4 Å². The minimum Gasteiger partial charge on any atom is -0.258 e. The molecular formula is C18H12N6O4S6. The van der Waals surface area contributed by atoms with E-state index in [0.717, 1.165) is 42.3 Å². The monoisotopic (exact) mass is 568 g/mol. The largest absolute Gasteiger partial charge is 0.269 e. The molecule has 0 fully saturated rings. The van der Waals surface area contributed by atoms with Crippen molar-refractivity contribution in [3.8, 4) is 0 Å². The van der Waals surface area contributed by atoms with Gasteiger partial charge < -0.3 is 0 Å². The van der Waals surface area contributed by atoms with Gasteiger partial charge in [0.2, 0.25) is 0 Å². The highest BCUT2D eigenvalue weighted by atomic mass is 32.2. The minimum atomic E-state index is -0.444. The standard InChI is InChI=1S/C18H12N6O4S6/c25-23(26)13-4-8-15(9-5-13)29-19-33-21-31-17-2-1-3-18(12-17)32-22-34-20-30-16-10-6-14(7-11-16)24(27)28/h1-12H. The highest BCUT2D eigenvalue weighted by Crippen LogP contribution is 2.27. The summed E-state index contributed by atoms with van der Waals surface area (Å²) in [5.74, 6) is 0. The van der Waals surface area contributed by atoms with Gasteiger partial charge in [0.25, 0.3) is 11.4 Å². The van der Waals surface area contributed by atoms with Crippen molar-refractivity contribution < 1.29 is 9.85 Å². The van der Waals surface area contributed by atoms with Gasteiger partial charge in [0.05, 0.1) is 32.6 Å². The van der Waals surface area contributed by atoms with Crippen LogP contribution in [-0.2, 0) is 22.7 Å². The second-order valence-corrected chi connectivity index (χ2v) is 11.1. The summed E-state index contributed by atoms with van der Waals surface area (Å²) in [4.78, 5) is 23.8. The van der Waals surface area contributed by atoms with Crippen LogP contribution in [0.5, 0.6) is 0 Å². The average Bonchev–Trinajstić information content (AvgIpc) is 2.84. The van der Waals surface area contributed by atoms with Gasteiger partial charge >= 0.3 is 0 Å². The Kier molecular flexibility index (Phi) is 10.8. The molecule has 34 heavy (non-hydrogen) atoms. The fourth-order valence-electron chi connectivity index (χ4n) is 2.11. The number of benzene rings is 3. The van der Waals surface area contributed by atoms with Crippen molar-refractivity contribution in [2.75, 3.05) is 0 Å². The fraction of sp³-hybridized carbons (Fsp3) is 0. The molecule has 0 saturated heterocycles. The summed E-state index contributed by atoms with van der Waals surface area (Å²) in [5.41, 5.74) is 0.0779. The molecule has 0 bridgehead atoms. The second kappa shape index (κ2) is 14.0. The van der Waals surface area contributed by atoms with Gasteiger partial charge in [-0.05, 0) is 42.5 Å². The van der Waals surface area contributed by atoms with Crippen molar-refractivity contribution in [1.82, 2.24) is 0 Å². The highest BCUT2D eigenvalue weighted by Gasteiger charge is 2.04. The highest BCUT2D eigenvalue weighted by molar-refractivity contribution is 8.04. The van der Waals surface area contributed by atoms with Crippen LogP contribution in [0.4, 0.5) is 11.4 Å². The first-order valence-electron chi connectivity index (χ1n) is 8.92. The van der Waals surface area contributed by atoms with E-state index in [4.69, 9.17) is 0 Å². The third-order valence-electron chi connectivity index (χ3n) is 3.60. The zero-order valence-electron chi connectivity index (χ0n) is 16.7. The summed E-state index contributed by atoms with van der Waals surface area (Å²) in [7, 11) is 0. The zero-order chi connectivity index (χ0) is 24.2. The number of non-ortho nitro benzene ring substituents is 2. The molecule has 0 radical (unpaired) electrons. The van der Waals surface area contributed by atoms with Gasteiger partial charge in [-0.3, -0.25) is 20.2 Å². The third-order valence-corrected chi connectivity index (χ3v) is 7.76. The smallest absolute Gasteiger partial charge is 0.258 e. The summed E-state index contributed by atoms with van der Waals surface area (Å²) in [5, 5.41) is 21.3.